The van der Waals surface area contributed by atoms with Crippen LogP contribution in [0.1, 0.15) is 27.8 Å². The molecular weight excluding hydrogens is 510 g/mol. The minimum absolute atomic E-state index is 0.0140. The van der Waals surface area contributed by atoms with E-state index in [1.54, 1.807) is 42.5 Å². The Morgan fingerprint density at radius 1 is 0.921 bits per heavy atom. The van der Waals surface area contributed by atoms with E-state index >= 15 is 0 Å². The molecule has 3 aromatic rings. The van der Waals surface area contributed by atoms with E-state index in [0.717, 1.165) is 11.1 Å². The molecule has 200 valence electrons. The van der Waals surface area contributed by atoms with Crippen molar-refractivity contribution in [2.45, 2.75) is 48.8 Å². The molecule has 2 saturated heterocycles. The van der Waals surface area contributed by atoms with Gasteiger partial charge in [0.1, 0.15) is 24.4 Å². The third kappa shape index (κ3) is 5.65. The zero-order chi connectivity index (χ0) is 26.7. The first-order valence-electron chi connectivity index (χ1n) is 12.2. The number of methoxy groups -OCH3 is 1. The van der Waals surface area contributed by atoms with Gasteiger partial charge in [-0.05, 0) is 31.2 Å². The molecule has 38 heavy (non-hydrogen) atoms. The second kappa shape index (κ2) is 11.3. The van der Waals surface area contributed by atoms with Crippen LogP contribution in [0.2, 0.25) is 0 Å². The van der Waals surface area contributed by atoms with E-state index in [0.29, 0.717) is 5.56 Å². The van der Waals surface area contributed by atoms with Crippen LogP contribution >= 0.6 is 0 Å². The third-order valence-corrected chi connectivity index (χ3v) is 7.85. The van der Waals surface area contributed by atoms with Crippen LogP contribution < -0.4 is 5.32 Å². The summed E-state index contributed by atoms with van der Waals surface area (Å²) in [6.07, 6.45) is -4.60. The standard InChI is InChI=1S/C28H29NO8S/c1-18-13-15-21(16-14-18)38(31,32)37-25-23(29-26(30)19-9-5-3-6-10-19)28(33-2)35-22-17-34-27(36-24(22)25)20-11-7-4-8-12-20/h3-16,22-25,27-28H,17H2,1-2H3,(H,29,30)/t22-,23+,24-,25+,27-,28-/m0/s1. The Morgan fingerprint density at radius 2 is 1.58 bits per heavy atom. The SMILES string of the molecule is CO[C@H]1O[C@H]2CO[C@H](c3ccccc3)O[C@@H]2[C@H](OS(=O)(=O)c2ccc(C)cc2)[C@H]1NC(=O)c1ccccc1. The average molecular weight is 540 g/mol. The molecular formula is C28H29NO8S. The lowest BCUT2D eigenvalue weighted by Gasteiger charge is -2.48. The first kappa shape index (κ1) is 26.5. The molecule has 5 rings (SSSR count). The summed E-state index contributed by atoms with van der Waals surface area (Å²) < 4.78 is 56.5. The molecule has 0 saturated carbocycles. The van der Waals surface area contributed by atoms with Gasteiger partial charge in [0.2, 0.25) is 0 Å². The maximum atomic E-state index is 13.4. The van der Waals surface area contributed by atoms with Crippen LogP contribution in [0.25, 0.3) is 0 Å². The molecule has 0 bridgehead atoms. The van der Waals surface area contributed by atoms with E-state index in [1.807, 2.05) is 37.3 Å². The van der Waals surface area contributed by atoms with Gasteiger partial charge in [0.15, 0.2) is 12.6 Å². The number of ether oxygens (including phenoxy) is 4. The van der Waals surface area contributed by atoms with Crippen molar-refractivity contribution in [2.75, 3.05) is 13.7 Å². The Kier molecular flexibility index (Phi) is 7.89. The predicted molar refractivity (Wildman–Crippen MR) is 137 cm³/mol. The number of carbonyl (C=O) groups is 1. The predicted octanol–water partition coefficient (Wildman–Crippen LogP) is 3.35. The number of aryl methyl sites for hydroxylation is 1. The van der Waals surface area contributed by atoms with E-state index in [-0.39, 0.29) is 11.5 Å². The second-order valence-corrected chi connectivity index (χ2v) is 10.7. The molecule has 2 aliphatic heterocycles. The first-order valence-corrected chi connectivity index (χ1v) is 13.6. The normalized spacial score (nSPS) is 27.3. The number of hydrogen-bond donors (Lipinski definition) is 1. The number of carbonyl (C=O) groups excluding carboxylic acids is 1. The highest BCUT2D eigenvalue weighted by Gasteiger charge is 2.53. The monoisotopic (exact) mass is 539 g/mol. The molecule has 6 atom stereocenters. The Hall–Kier alpha value is -3.12. The fourth-order valence-corrected chi connectivity index (χ4v) is 5.65. The van der Waals surface area contributed by atoms with Gasteiger partial charge in [0.05, 0.1) is 11.5 Å². The minimum Gasteiger partial charge on any atom is -0.354 e. The Morgan fingerprint density at radius 3 is 2.24 bits per heavy atom. The Balaban J connectivity index is 1.50. The lowest BCUT2D eigenvalue weighted by atomic mass is 9.95. The summed E-state index contributed by atoms with van der Waals surface area (Å²) in [7, 11) is -2.85. The van der Waals surface area contributed by atoms with E-state index in [1.165, 1.54) is 19.2 Å². The van der Waals surface area contributed by atoms with Crippen LogP contribution in [0.3, 0.4) is 0 Å². The smallest absolute Gasteiger partial charge is 0.297 e. The first-order chi connectivity index (χ1) is 18.4. The van der Waals surface area contributed by atoms with Gasteiger partial charge in [0, 0.05) is 18.2 Å². The fraction of sp³-hybridized carbons (Fsp3) is 0.321. The molecule has 10 heteroatoms. The summed E-state index contributed by atoms with van der Waals surface area (Å²) in [6, 6.07) is 23.1. The number of amides is 1. The van der Waals surface area contributed by atoms with Crippen molar-refractivity contribution in [2.24, 2.45) is 0 Å². The van der Waals surface area contributed by atoms with Crippen LogP contribution in [0.5, 0.6) is 0 Å². The van der Waals surface area contributed by atoms with E-state index in [2.05, 4.69) is 5.32 Å². The minimum atomic E-state index is -4.26. The number of hydrogen-bond acceptors (Lipinski definition) is 8. The summed E-state index contributed by atoms with van der Waals surface area (Å²) in [5.41, 5.74) is 2.05. The Labute approximate surface area is 221 Å². The summed E-state index contributed by atoms with van der Waals surface area (Å²) >= 11 is 0. The van der Waals surface area contributed by atoms with Crippen molar-refractivity contribution >= 4 is 16.0 Å². The van der Waals surface area contributed by atoms with E-state index in [4.69, 9.17) is 23.1 Å². The summed E-state index contributed by atoms with van der Waals surface area (Å²) in [4.78, 5) is 13.1. The van der Waals surface area contributed by atoms with Crippen molar-refractivity contribution in [1.29, 1.82) is 0 Å². The average Bonchev–Trinajstić information content (AvgIpc) is 2.95. The molecule has 0 aromatic heterocycles. The highest BCUT2D eigenvalue weighted by molar-refractivity contribution is 7.86. The number of nitrogens with one attached hydrogen (secondary N) is 1. The molecule has 2 fully saturated rings. The molecule has 0 radical (unpaired) electrons. The van der Waals surface area contributed by atoms with Crippen molar-refractivity contribution in [1.82, 2.24) is 5.32 Å². The summed E-state index contributed by atoms with van der Waals surface area (Å²) in [5, 5.41) is 2.86. The van der Waals surface area contributed by atoms with Gasteiger partial charge in [-0.1, -0.05) is 66.2 Å². The van der Waals surface area contributed by atoms with Gasteiger partial charge in [-0.3, -0.25) is 8.98 Å². The molecule has 1 N–H and O–H groups in total. The summed E-state index contributed by atoms with van der Waals surface area (Å²) in [6.45, 7) is 1.96. The van der Waals surface area contributed by atoms with Crippen LogP contribution in [0, 0.1) is 6.92 Å². The fourth-order valence-electron chi connectivity index (χ4n) is 4.55. The van der Waals surface area contributed by atoms with Gasteiger partial charge in [-0.15, -0.1) is 0 Å². The van der Waals surface area contributed by atoms with Crippen molar-refractivity contribution < 1.29 is 36.3 Å². The zero-order valence-electron chi connectivity index (χ0n) is 20.9. The van der Waals surface area contributed by atoms with Crippen molar-refractivity contribution in [3.8, 4) is 0 Å². The molecule has 9 nitrogen and oxygen atoms in total. The van der Waals surface area contributed by atoms with Crippen molar-refractivity contribution in [3.05, 3.63) is 102 Å². The maximum absolute atomic E-state index is 13.4. The van der Waals surface area contributed by atoms with Crippen LogP contribution in [0.15, 0.2) is 89.8 Å². The van der Waals surface area contributed by atoms with Crippen LogP contribution in [-0.2, 0) is 33.2 Å². The quantitative estimate of drug-likeness (QED) is 0.456. The number of benzene rings is 3. The van der Waals surface area contributed by atoms with Gasteiger partial charge in [0.25, 0.3) is 16.0 Å². The maximum Gasteiger partial charge on any atom is 0.297 e. The molecule has 3 aromatic carbocycles. The highest BCUT2D eigenvalue weighted by Crippen LogP contribution is 2.37. The third-order valence-electron chi connectivity index (χ3n) is 6.52. The van der Waals surface area contributed by atoms with Gasteiger partial charge < -0.3 is 24.3 Å². The zero-order valence-corrected chi connectivity index (χ0v) is 21.7. The molecule has 0 unspecified atom stereocenters. The number of fused-ring (bicyclic) bond motifs is 1. The molecule has 0 aliphatic carbocycles. The highest BCUT2D eigenvalue weighted by atomic mass is 32.2. The number of rotatable bonds is 7. The lowest BCUT2D eigenvalue weighted by molar-refractivity contribution is -0.337. The molecule has 0 spiro atoms. The summed E-state index contributed by atoms with van der Waals surface area (Å²) in [5.74, 6) is -0.437. The largest absolute Gasteiger partial charge is 0.354 e. The van der Waals surface area contributed by atoms with Crippen LogP contribution in [0.4, 0.5) is 0 Å². The molecule has 1 amide bonds. The van der Waals surface area contributed by atoms with Gasteiger partial charge >= 0.3 is 0 Å². The molecule has 2 heterocycles. The lowest BCUT2D eigenvalue weighted by Crippen LogP contribution is -2.67. The topological polar surface area (TPSA) is 109 Å². The van der Waals surface area contributed by atoms with Gasteiger partial charge in [-0.25, -0.2) is 0 Å². The van der Waals surface area contributed by atoms with Crippen LogP contribution in [-0.4, -0.2) is 58.7 Å². The van der Waals surface area contributed by atoms with E-state index < -0.39 is 53.0 Å². The van der Waals surface area contributed by atoms with Gasteiger partial charge in [-0.2, -0.15) is 8.42 Å². The molecule has 2 aliphatic rings. The van der Waals surface area contributed by atoms with E-state index in [9.17, 15) is 13.2 Å². The second-order valence-electron chi connectivity index (χ2n) is 9.15. The van der Waals surface area contributed by atoms with Crippen molar-refractivity contribution in [3.63, 3.8) is 0 Å². The Bertz CT molecular complexity index is 1330.